The Labute approximate surface area is 122 Å². The number of amides is 1. The maximum Gasteiger partial charge on any atom is 0.414 e. The summed E-state index contributed by atoms with van der Waals surface area (Å²) in [6, 6.07) is 6.63. The molecule has 1 heterocycles. The summed E-state index contributed by atoms with van der Waals surface area (Å²) in [6.07, 6.45) is -0.527. The standard InChI is InChI=1S/C15H18N2O4/c1-5-17-12-8-10(20-4)6-7-11(12)13(9-14(17)18)21-15(19)16(2)3/h6-9H,5H2,1-4H3. The quantitative estimate of drug-likeness (QED) is 0.868. The first-order chi connectivity index (χ1) is 9.97. The van der Waals surface area contributed by atoms with Crippen molar-refractivity contribution in [1.29, 1.82) is 0 Å². The van der Waals surface area contributed by atoms with Crippen molar-refractivity contribution in [2.75, 3.05) is 21.2 Å². The number of nitrogens with zero attached hydrogens (tertiary/aromatic N) is 2. The number of hydrogen-bond acceptors (Lipinski definition) is 4. The summed E-state index contributed by atoms with van der Waals surface area (Å²) in [7, 11) is 4.73. The van der Waals surface area contributed by atoms with Gasteiger partial charge < -0.3 is 18.9 Å². The lowest BCUT2D eigenvalue weighted by Crippen LogP contribution is -2.27. The van der Waals surface area contributed by atoms with Gasteiger partial charge in [-0.15, -0.1) is 0 Å². The molecule has 0 bridgehead atoms. The molecule has 0 aliphatic heterocycles. The van der Waals surface area contributed by atoms with Crippen molar-refractivity contribution in [3.05, 3.63) is 34.6 Å². The Morgan fingerprint density at radius 1 is 1.29 bits per heavy atom. The molecule has 112 valence electrons. The van der Waals surface area contributed by atoms with Gasteiger partial charge in [0, 0.05) is 38.2 Å². The molecule has 0 unspecified atom stereocenters. The molecule has 1 amide bonds. The second kappa shape index (κ2) is 5.87. The normalized spacial score (nSPS) is 10.5. The van der Waals surface area contributed by atoms with E-state index in [4.69, 9.17) is 9.47 Å². The lowest BCUT2D eigenvalue weighted by Gasteiger charge is -2.15. The minimum atomic E-state index is -0.527. The van der Waals surface area contributed by atoms with E-state index in [1.54, 1.807) is 44.0 Å². The molecule has 0 N–H and O–H groups in total. The highest BCUT2D eigenvalue weighted by molar-refractivity contribution is 5.88. The van der Waals surface area contributed by atoms with Crippen molar-refractivity contribution in [3.8, 4) is 11.5 Å². The summed E-state index contributed by atoms with van der Waals surface area (Å²) in [6.45, 7) is 2.40. The number of pyridine rings is 1. The Morgan fingerprint density at radius 2 is 2.00 bits per heavy atom. The molecule has 2 aromatic rings. The van der Waals surface area contributed by atoms with Gasteiger partial charge in [-0.2, -0.15) is 0 Å². The fourth-order valence-electron chi connectivity index (χ4n) is 2.05. The van der Waals surface area contributed by atoms with Crippen LogP contribution >= 0.6 is 0 Å². The van der Waals surface area contributed by atoms with Crippen molar-refractivity contribution >= 4 is 17.0 Å². The number of carbonyl (C=O) groups is 1. The number of aromatic nitrogens is 1. The number of benzene rings is 1. The van der Waals surface area contributed by atoms with E-state index in [0.717, 1.165) is 0 Å². The van der Waals surface area contributed by atoms with Crippen LogP contribution in [0.15, 0.2) is 29.1 Å². The Balaban J connectivity index is 2.67. The predicted molar refractivity (Wildman–Crippen MR) is 80.1 cm³/mol. The minimum absolute atomic E-state index is 0.222. The first kappa shape index (κ1) is 14.9. The number of ether oxygens (including phenoxy) is 2. The number of rotatable bonds is 3. The van der Waals surface area contributed by atoms with Crippen LogP contribution in [0.3, 0.4) is 0 Å². The summed E-state index contributed by atoms with van der Waals surface area (Å²) in [5.74, 6) is 0.890. The van der Waals surface area contributed by atoms with Gasteiger partial charge in [-0.1, -0.05) is 0 Å². The molecule has 1 aromatic heterocycles. The average molecular weight is 290 g/mol. The van der Waals surface area contributed by atoms with Gasteiger partial charge in [0.25, 0.3) is 5.56 Å². The maximum atomic E-state index is 12.2. The Bertz CT molecular complexity index is 734. The number of fused-ring (bicyclic) bond motifs is 1. The zero-order valence-electron chi connectivity index (χ0n) is 12.5. The molecule has 6 heteroatoms. The van der Waals surface area contributed by atoms with E-state index in [1.165, 1.54) is 11.0 Å². The zero-order chi connectivity index (χ0) is 15.6. The summed E-state index contributed by atoms with van der Waals surface area (Å²) in [5.41, 5.74) is 0.450. The highest BCUT2D eigenvalue weighted by Gasteiger charge is 2.14. The fraction of sp³-hybridized carbons (Fsp3) is 0.333. The minimum Gasteiger partial charge on any atom is -0.497 e. The number of hydrogen-bond donors (Lipinski definition) is 0. The summed E-state index contributed by atoms with van der Waals surface area (Å²) in [5, 5.41) is 0.687. The van der Waals surface area contributed by atoms with Gasteiger partial charge in [0.2, 0.25) is 0 Å². The van der Waals surface area contributed by atoms with Crippen molar-refractivity contribution in [2.24, 2.45) is 0 Å². The SMILES string of the molecule is CCn1c(=O)cc(OC(=O)N(C)C)c2ccc(OC)cc21. The number of carbonyl (C=O) groups excluding carboxylic acids is 1. The van der Waals surface area contributed by atoms with Gasteiger partial charge in [0.05, 0.1) is 12.6 Å². The molecule has 2 rings (SSSR count). The van der Waals surface area contributed by atoms with E-state index < -0.39 is 6.09 Å². The van der Waals surface area contributed by atoms with Crippen LogP contribution in [-0.4, -0.2) is 36.8 Å². The van der Waals surface area contributed by atoms with Crippen LogP contribution < -0.4 is 15.0 Å². The highest BCUT2D eigenvalue weighted by Crippen LogP contribution is 2.27. The molecule has 0 radical (unpaired) electrons. The summed E-state index contributed by atoms with van der Waals surface area (Å²) < 4.78 is 12.1. The molecule has 21 heavy (non-hydrogen) atoms. The molecule has 6 nitrogen and oxygen atoms in total. The lowest BCUT2D eigenvalue weighted by atomic mass is 10.2. The summed E-state index contributed by atoms with van der Waals surface area (Å²) in [4.78, 5) is 25.2. The smallest absolute Gasteiger partial charge is 0.414 e. The zero-order valence-corrected chi connectivity index (χ0v) is 12.5. The van der Waals surface area contributed by atoms with Gasteiger partial charge in [-0.25, -0.2) is 4.79 Å². The molecule has 0 aliphatic carbocycles. The topological polar surface area (TPSA) is 60.8 Å². The Hall–Kier alpha value is -2.50. The second-order valence-corrected chi connectivity index (χ2v) is 4.74. The first-order valence-corrected chi connectivity index (χ1v) is 6.58. The molecule has 1 aromatic carbocycles. The number of methoxy groups -OCH3 is 1. The third kappa shape index (κ3) is 2.84. The second-order valence-electron chi connectivity index (χ2n) is 4.74. The van der Waals surface area contributed by atoms with E-state index in [-0.39, 0.29) is 11.3 Å². The van der Waals surface area contributed by atoms with Crippen molar-refractivity contribution < 1.29 is 14.3 Å². The van der Waals surface area contributed by atoms with Crippen LogP contribution in [-0.2, 0) is 6.54 Å². The molecule has 0 fully saturated rings. The Kier molecular flexibility index (Phi) is 4.16. The van der Waals surface area contributed by atoms with Crippen LogP contribution in [0.25, 0.3) is 10.9 Å². The van der Waals surface area contributed by atoms with Gasteiger partial charge in [0.1, 0.15) is 11.5 Å². The van der Waals surface area contributed by atoms with Crippen LogP contribution in [0.5, 0.6) is 11.5 Å². The van der Waals surface area contributed by atoms with E-state index >= 15 is 0 Å². The molecule has 0 saturated heterocycles. The monoisotopic (exact) mass is 290 g/mol. The predicted octanol–water partition coefficient (Wildman–Crippen LogP) is 2.09. The van der Waals surface area contributed by atoms with E-state index in [1.807, 2.05) is 6.92 Å². The number of aryl methyl sites for hydroxylation is 1. The van der Waals surface area contributed by atoms with Crippen LogP contribution in [0, 0.1) is 0 Å². The third-order valence-electron chi connectivity index (χ3n) is 3.16. The lowest BCUT2D eigenvalue weighted by molar-refractivity contribution is 0.172. The van der Waals surface area contributed by atoms with Crippen molar-refractivity contribution in [1.82, 2.24) is 9.47 Å². The maximum absolute atomic E-state index is 12.2. The molecule has 0 atom stereocenters. The molecule has 0 aliphatic rings. The summed E-state index contributed by atoms with van der Waals surface area (Å²) >= 11 is 0. The van der Waals surface area contributed by atoms with Gasteiger partial charge in [-0.3, -0.25) is 4.79 Å². The Morgan fingerprint density at radius 3 is 2.57 bits per heavy atom. The van der Waals surface area contributed by atoms with Gasteiger partial charge in [0.15, 0.2) is 0 Å². The molecule has 0 saturated carbocycles. The van der Waals surface area contributed by atoms with E-state index in [9.17, 15) is 9.59 Å². The molecular weight excluding hydrogens is 272 g/mol. The van der Waals surface area contributed by atoms with Crippen LogP contribution in [0.4, 0.5) is 4.79 Å². The van der Waals surface area contributed by atoms with Gasteiger partial charge >= 0.3 is 6.09 Å². The van der Waals surface area contributed by atoms with E-state index in [0.29, 0.717) is 23.2 Å². The van der Waals surface area contributed by atoms with Gasteiger partial charge in [-0.05, 0) is 19.1 Å². The van der Waals surface area contributed by atoms with Crippen molar-refractivity contribution in [2.45, 2.75) is 13.5 Å². The van der Waals surface area contributed by atoms with Crippen molar-refractivity contribution in [3.63, 3.8) is 0 Å². The molecular formula is C15H18N2O4. The average Bonchev–Trinajstić information content (AvgIpc) is 2.46. The first-order valence-electron chi connectivity index (χ1n) is 6.58. The third-order valence-corrected chi connectivity index (χ3v) is 3.16. The van der Waals surface area contributed by atoms with E-state index in [2.05, 4.69) is 0 Å². The molecule has 0 spiro atoms. The highest BCUT2D eigenvalue weighted by atomic mass is 16.6. The van der Waals surface area contributed by atoms with Crippen LogP contribution in [0.2, 0.25) is 0 Å². The van der Waals surface area contributed by atoms with Crippen LogP contribution in [0.1, 0.15) is 6.92 Å². The fourth-order valence-corrected chi connectivity index (χ4v) is 2.05. The largest absolute Gasteiger partial charge is 0.497 e.